The first-order chi connectivity index (χ1) is 11.9. The Balaban J connectivity index is 1.73. The number of carboxylic acid groups (broad SMARTS) is 1. The fourth-order valence-electron chi connectivity index (χ4n) is 1.97. The molecule has 2 aromatic rings. The number of thiocarbonyl (C=S) groups is 1. The van der Waals surface area contributed by atoms with E-state index in [1.165, 1.54) is 23.5 Å². The Hall–Kier alpha value is -2.30. The molecular weight excluding hydrogens is 385 g/mol. The van der Waals surface area contributed by atoms with Crippen LogP contribution in [0.4, 0.5) is 15.2 Å². The highest BCUT2D eigenvalue weighted by molar-refractivity contribution is 8.26. The molecule has 0 saturated carbocycles. The van der Waals surface area contributed by atoms with E-state index in [0.29, 0.717) is 21.4 Å². The van der Waals surface area contributed by atoms with E-state index in [0.717, 1.165) is 16.7 Å². The van der Waals surface area contributed by atoms with Crippen molar-refractivity contribution in [1.82, 2.24) is 9.88 Å². The van der Waals surface area contributed by atoms with Crippen molar-refractivity contribution in [1.29, 1.82) is 0 Å². The SMILES string of the molecule is O=C(O)CN1C(=O)C(=Cc2csc(Nc3ccc(F)cc3)n2)SC1=S. The van der Waals surface area contributed by atoms with Gasteiger partial charge in [-0.25, -0.2) is 9.37 Å². The van der Waals surface area contributed by atoms with Crippen LogP contribution in [0.3, 0.4) is 0 Å². The molecule has 2 N–H and O–H groups in total. The number of anilines is 2. The number of thioether (sulfide) groups is 1. The molecule has 2 heterocycles. The summed E-state index contributed by atoms with van der Waals surface area (Å²) in [6.45, 7) is -0.462. The Morgan fingerprint density at radius 2 is 2.12 bits per heavy atom. The van der Waals surface area contributed by atoms with Crippen LogP contribution in [-0.4, -0.2) is 37.7 Å². The predicted molar refractivity (Wildman–Crippen MR) is 99.3 cm³/mol. The van der Waals surface area contributed by atoms with Crippen molar-refractivity contribution in [3.8, 4) is 0 Å². The molecule has 128 valence electrons. The van der Waals surface area contributed by atoms with Crippen LogP contribution in [0.25, 0.3) is 6.08 Å². The topological polar surface area (TPSA) is 82.5 Å². The van der Waals surface area contributed by atoms with E-state index < -0.39 is 18.4 Å². The standard InChI is InChI=1S/C15H10FN3O3S3/c16-8-1-3-9(4-2-8)17-14-18-10(7-24-14)5-11-13(22)19(6-12(20)21)15(23)25-11/h1-5,7H,6H2,(H,17,18)(H,20,21). The fraction of sp³-hybridized carbons (Fsp3) is 0.0667. The first kappa shape index (κ1) is 17.5. The number of benzene rings is 1. The molecule has 25 heavy (non-hydrogen) atoms. The van der Waals surface area contributed by atoms with Crippen molar-refractivity contribution >= 4 is 68.4 Å². The quantitative estimate of drug-likeness (QED) is 0.594. The molecule has 6 nitrogen and oxygen atoms in total. The average molecular weight is 395 g/mol. The molecule has 0 atom stereocenters. The summed E-state index contributed by atoms with van der Waals surface area (Å²) < 4.78 is 13.1. The number of aliphatic carboxylic acids is 1. The molecule has 1 aliphatic heterocycles. The van der Waals surface area contributed by atoms with Gasteiger partial charge >= 0.3 is 5.97 Å². The van der Waals surface area contributed by atoms with Crippen molar-refractivity contribution in [3.63, 3.8) is 0 Å². The summed E-state index contributed by atoms with van der Waals surface area (Å²) in [4.78, 5) is 28.7. The van der Waals surface area contributed by atoms with E-state index in [1.54, 1.807) is 23.6 Å². The molecular formula is C15H10FN3O3S3. The van der Waals surface area contributed by atoms with Crippen LogP contribution in [0.1, 0.15) is 5.69 Å². The van der Waals surface area contributed by atoms with Gasteiger partial charge in [-0.3, -0.25) is 14.5 Å². The summed E-state index contributed by atoms with van der Waals surface area (Å²) in [5.74, 6) is -1.90. The number of hydrogen-bond donors (Lipinski definition) is 2. The smallest absolute Gasteiger partial charge is 0.323 e. The molecule has 10 heteroatoms. The van der Waals surface area contributed by atoms with Crippen LogP contribution >= 0.6 is 35.3 Å². The summed E-state index contributed by atoms with van der Waals surface area (Å²) in [6.07, 6.45) is 1.56. The molecule has 1 fully saturated rings. The number of carbonyl (C=O) groups excluding carboxylic acids is 1. The minimum absolute atomic E-state index is 0.207. The maximum absolute atomic E-state index is 12.9. The molecule has 1 amide bonds. The van der Waals surface area contributed by atoms with Gasteiger partial charge in [0.1, 0.15) is 16.7 Å². The molecule has 3 rings (SSSR count). The lowest BCUT2D eigenvalue weighted by atomic mass is 10.3. The third kappa shape index (κ3) is 4.21. The van der Waals surface area contributed by atoms with Gasteiger partial charge in [0.05, 0.1) is 10.6 Å². The van der Waals surface area contributed by atoms with E-state index >= 15 is 0 Å². The number of halogens is 1. The van der Waals surface area contributed by atoms with Gasteiger partial charge in [0.15, 0.2) is 5.13 Å². The van der Waals surface area contributed by atoms with Crippen LogP contribution in [0, 0.1) is 5.82 Å². The first-order valence-electron chi connectivity index (χ1n) is 6.87. The van der Waals surface area contributed by atoms with Crippen LogP contribution in [-0.2, 0) is 9.59 Å². The number of hydrogen-bond acceptors (Lipinski definition) is 7. The monoisotopic (exact) mass is 395 g/mol. The van der Waals surface area contributed by atoms with Crippen LogP contribution in [0.5, 0.6) is 0 Å². The van der Waals surface area contributed by atoms with E-state index in [2.05, 4.69) is 10.3 Å². The van der Waals surface area contributed by atoms with E-state index in [9.17, 15) is 14.0 Å². The fourth-order valence-corrected chi connectivity index (χ4v) is 3.90. The first-order valence-corrected chi connectivity index (χ1v) is 8.98. The highest BCUT2D eigenvalue weighted by atomic mass is 32.2. The largest absolute Gasteiger partial charge is 0.480 e. The minimum atomic E-state index is -1.13. The molecule has 1 aromatic carbocycles. The van der Waals surface area contributed by atoms with E-state index in [1.807, 2.05) is 0 Å². The second-order valence-electron chi connectivity index (χ2n) is 4.87. The lowest BCUT2D eigenvalue weighted by Crippen LogP contribution is -2.33. The number of rotatable bonds is 5. The maximum Gasteiger partial charge on any atom is 0.323 e. The van der Waals surface area contributed by atoms with Gasteiger partial charge in [-0.2, -0.15) is 0 Å². The highest BCUT2D eigenvalue weighted by Gasteiger charge is 2.33. The van der Waals surface area contributed by atoms with E-state index in [4.69, 9.17) is 17.3 Å². The average Bonchev–Trinajstić information content (AvgIpc) is 3.09. The number of aromatic nitrogens is 1. The van der Waals surface area contributed by atoms with Gasteiger partial charge in [-0.1, -0.05) is 24.0 Å². The summed E-state index contributed by atoms with van der Waals surface area (Å²) in [5, 5.41) is 14.2. The summed E-state index contributed by atoms with van der Waals surface area (Å²) in [5.41, 5.74) is 1.24. The molecule has 0 radical (unpaired) electrons. The van der Waals surface area contributed by atoms with Crippen molar-refractivity contribution in [2.75, 3.05) is 11.9 Å². The molecule has 0 aliphatic carbocycles. The summed E-state index contributed by atoms with van der Waals surface area (Å²) in [6, 6.07) is 5.86. The zero-order valence-corrected chi connectivity index (χ0v) is 14.9. The highest BCUT2D eigenvalue weighted by Crippen LogP contribution is 2.33. The number of nitrogens with zero attached hydrogens (tertiary/aromatic N) is 2. The van der Waals surface area contributed by atoms with Gasteiger partial charge in [0, 0.05) is 11.1 Å². The third-order valence-electron chi connectivity index (χ3n) is 3.06. The van der Waals surface area contributed by atoms with Crippen molar-refractivity contribution in [2.24, 2.45) is 0 Å². The number of nitrogens with one attached hydrogen (secondary N) is 1. The molecule has 0 bridgehead atoms. The van der Waals surface area contributed by atoms with E-state index in [-0.39, 0.29) is 10.1 Å². The van der Waals surface area contributed by atoms with Gasteiger partial charge in [0.2, 0.25) is 0 Å². The molecule has 1 aliphatic rings. The minimum Gasteiger partial charge on any atom is -0.480 e. The predicted octanol–water partition coefficient (Wildman–Crippen LogP) is 3.31. The summed E-state index contributed by atoms with van der Waals surface area (Å²) in [7, 11) is 0. The number of thiazole rings is 1. The summed E-state index contributed by atoms with van der Waals surface area (Å²) >= 11 is 7.40. The zero-order chi connectivity index (χ0) is 18.0. The Labute approximate surface area is 155 Å². The lowest BCUT2D eigenvalue weighted by molar-refractivity contribution is -0.140. The Kier molecular flexibility index (Phi) is 5.11. The number of amides is 1. The van der Waals surface area contributed by atoms with Crippen LogP contribution in [0.15, 0.2) is 34.6 Å². The molecule has 1 saturated heterocycles. The zero-order valence-electron chi connectivity index (χ0n) is 12.4. The van der Waals surface area contributed by atoms with Crippen molar-refractivity contribution < 1.29 is 19.1 Å². The number of carboxylic acids is 1. The van der Waals surface area contributed by atoms with Gasteiger partial charge in [-0.15, -0.1) is 11.3 Å². The second kappa shape index (κ2) is 7.30. The van der Waals surface area contributed by atoms with Crippen molar-refractivity contribution in [3.05, 3.63) is 46.1 Å². The van der Waals surface area contributed by atoms with Crippen LogP contribution < -0.4 is 5.32 Å². The Morgan fingerprint density at radius 3 is 2.80 bits per heavy atom. The number of carbonyl (C=O) groups is 2. The van der Waals surface area contributed by atoms with Gasteiger partial charge in [0.25, 0.3) is 5.91 Å². The molecule has 0 unspecified atom stereocenters. The normalized spacial score (nSPS) is 15.9. The Bertz CT molecular complexity index is 880. The van der Waals surface area contributed by atoms with Gasteiger partial charge in [-0.05, 0) is 30.3 Å². The second-order valence-corrected chi connectivity index (χ2v) is 7.40. The Morgan fingerprint density at radius 1 is 1.40 bits per heavy atom. The third-order valence-corrected chi connectivity index (χ3v) is 5.22. The van der Waals surface area contributed by atoms with Gasteiger partial charge < -0.3 is 10.4 Å². The van der Waals surface area contributed by atoms with Crippen molar-refractivity contribution in [2.45, 2.75) is 0 Å². The molecule has 0 spiro atoms. The molecule has 1 aromatic heterocycles. The lowest BCUT2D eigenvalue weighted by Gasteiger charge is -2.09. The maximum atomic E-state index is 12.9. The van der Waals surface area contributed by atoms with Crippen LogP contribution in [0.2, 0.25) is 0 Å².